The summed E-state index contributed by atoms with van der Waals surface area (Å²) in [6, 6.07) is 0. The summed E-state index contributed by atoms with van der Waals surface area (Å²) in [5, 5.41) is 6.95. The molecule has 0 radical (unpaired) electrons. The van der Waals surface area contributed by atoms with E-state index in [1.165, 1.54) is 49.4 Å². The Hall–Kier alpha value is -0.450. The van der Waals surface area contributed by atoms with Gasteiger partial charge in [-0.05, 0) is 39.3 Å². The van der Waals surface area contributed by atoms with Gasteiger partial charge in [-0.3, -0.25) is 4.90 Å². The highest BCUT2D eigenvalue weighted by Crippen LogP contribution is 2.22. The van der Waals surface area contributed by atoms with Crippen LogP contribution in [0.2, 0.25) is 0 Å². The van der Waals surface area contributed by atoms with Gasteiger partial charge in [0.05, 0.1) is 10.7 Å². The van der Waals surface area contributed by atoms with Crippen LogP contribution in [0.15, 0.2) is 5.38 Å². The molecule has 1 aromatic heterocycles. The quantitative estimate of drug-likeness (QED) is 0.779. The minimum atomic E-state index is 0.931. The molecular formula is C15H27N3S. The maximum Gasteiger partial charge on any atom is 0.0897 e. The average Bonchev–Trinajstić information content (AvgIpc) is 2.81. The van der Waals surface area contributed by atoms with E-state index >= 15 is 0 Å². The minimum absolute atomic E-state index is 0.931. The summed E-state index contributed by atoms with van der Waals surface area (Å²) < 4.78 is 0. The zero-order chi connectivity index (χ0) is 13.5. The van der Waals surface area contributed by atoms with E-state index in [1.54, 1.807) is 11.3 Å². The van der Waals surface area contributed by atoms with E-state index in [2.05, 4.69) is 34.6 Å². The number of hydrogen-bond donors (Lipinski definition) is 1. The molecule has 2 rings (SSSR count). The molecule has 0 amide bonds. The molecule has 3 nitrogen and oxygen atoms in total. The highest BCUT2D eigenvalue weighted by Gasteiger charge is 2.12. The molecule has 0 aromatic carbocycles. The maximum atomic E-state index is 4.51. The molecule has 1 aliphatic carbocycles. The second kappa shape index (κ2) is 7.98. The van der Waals surface area contributed by atoms with Crippen molar-refractivity contribution in [3.63, 3.8) is 0 Å². The second-order valence-electron chi connectivity index (χ2n) is 5.80. The van der Waals surface area contributed by atoms with Crippen molar-refractivity contribution in [2.75, 3.05) is 26.7 Å². The topological polar surface area (TPSA) is 28.2 Å². The summed E-state index contributed by atoms with van der Waals surface area (Å²) in [6.45, 7) is 6.44. The number of aromatic nitrogens is 1. The highest BCUT2D eigenvalue weighted by atomic mass is 32.1. The van der Waals surface area contributed by atoms with Gasteiger partial charge in [0.2, 0.25) is 0 Å². The van der Waals surface area contributed by atoms with Gasteiger partial charge in [-0.25, -0.2) is 4.98 Å². The van der Waals surface area contributed by atoms with Crippen molar-refractivity contribution >= 4 is 11.3 Å². The number of rotatable bonds is 7. The summed E-state index contributed by atoms with van der Waals surface area (Å²) in [5.74, 6) is 0.931. The fraction of sp³-hybridized carbons (Fsp3) is 0.800. The highest BCUT2D eigenvalue weighted by molar-refractivity contribution is 7.09. The minimum Gasteiger partial charge on any atom is -0.315 e. The molecule has 0 spiro atoms. The van der Waals surface area contributed by atoms with Crippen LogP contribution >= 0.6 is 11.3 Å². The molecule has 0 atom stereocenters. The SMILES string of the molecule is Cc1nc(CN(C)CCNCC2CCCCC2)cs1. The fourth-order valence-electron chi connectivity index (χ4n) is 2.80. The van der Waals surface area contributed by atoms with Crippen molar-refractivity contribution in [3.05, 3.63) is 16.1 Å². The van der Waals surface area contributed by atoms with Gasteiger partial charge in [-0.2, -0.15) is 0 Å². The van der Waals surface area contributed by atoms with Gasteiger partial charge in [0, 0.05) is 25.0 Å². The number of nitrogens with one attached hydrogen (secondary N) is 1. The van der Waals surface area contributed by atoms with Crippen molar-refractivity contribution in [3.8, 4) is 0 Å². The monoisotopic (exact) mass is 281 g/mol. The van der Waals surface area contributed by atoms with Crippen LogP contribution in [0.3, 0.4) is 0 Å². The lowest BCUT2D eigenvalue weighted by molar-refractivity contribution is 0.302. The number of nitrogens with zero attached hydrogens (tertiary/aromatic N) is 2. The first-order valence-corrected chi connectivity index (χ1v) is 8.42. The first-order valence-electron chi connectivity index (χ1n) is 7.54. The molecular weight excluding hydrogens is 254 g/mol. The number of hydrogen-bond acceptors (Lipinski definition) is 4. The largest absolute Gasteiger partial charge is 0.315 e. The Morgan fingerprint density at radius 3 is 2.84 bits per heavy atom. The molecule has 1 fully saturated rings. The first-order chi connectivity index (χ1) is 9.24. The molecule has 0 saturated heterocycles. The normalized spacial score (nSPS) is 17.2. The van der Waals surface area contributed by atoms with E-state index in [-0.39, 0.29) is 0 Å². The van der Waals surface area contributed by atoms with Crippen LogP contribution in [-0.2, 0) is 6.54 Å². The van der Waals surface area contributed by atoms with Crippen LogP contribution < -0.4 is 5.32 Å². The lowest BCUT2D eigenvalue weighted by Crippen LogP contribution is -2.32. The Kier molecular flexibility index (Phi) is 6.28. The molecule has 108 valence electrons. The smallest absolute Gasteiger partial charge is 0.0897 e. The Bertz CT molecular complexity index is 358. The van der Waals surface area contributed by atoms with Gasteiger partial charge in [0.25, 0.3) is 0 Å². The van der Waals surface area contributed by atoms with E-state index in [0.29, 0.717) is 0 Å². The standard InChI is InChI=1S/C15H27N3S/c1-13-17-15(12-19-13)11-18(2)9-8-16-10-14-6-4-3-5-7-14/h12,14,16H,3-11H2,1-2H3. The van der Waals surface area contributed by atoms with E-state index in [9.17, 15) is 0 Å². The molecule has 0 aliphatic heterocycles. The van der Waals surface area contributed by atoms with Crippen molar-refractivity contribution in [2.45, 2.75) is 45.6 Å². The lowest BCUT2D eigenvalue weighted by atomic mass is 9.89. The third-order valence-corrected chi connectivity index (χ3v) is 4.75. The third-order valence-electron chi connectivity index (χ3n) is 3.93. The summed E-state index contributed by atoms with van der Waals surface area (Å²) >= 11 is 1.74. The number of thiazole rings is 1. The fourth-order valence-corrected chi connectivity index (χ4v) is 3.41. The van der Waals surface area contributed by atoms with Crippen molar-refractivity contribution in [1.82, 2.24) is 15.2 Å². The van der Waals surface area contributed by atoms with Crippen molar-refractivity contribution in [1.29, 1.82) is 0 Å². The van der Waals surface area contributed by atoms with Gasteiger partial charge >= 0.3 is 0 Å². The first kappa shape index (κ1) is 14.9. The van der Waals surface area contributed by atoms with E-state index in [1.807, 2.05) is 0 Å². The van der Waals surface area contributed by atoms with Gasteiger partial charge in [-0.15, -0.1) is 11.3 Å². The van der Waals surface area contributed by atoms with Gasteiger partial charge < -0.3 is 5.32 Å². The number of likely N-dealkylation sites (N-methyl/N-ethyl adjacent to an activating group) is 1. The zero-order valence-corrected chi connectivity index (χ0v) is 13.1. The average molecular weight is 281 g/mol. The Morgan fingerprint density at radius 1 is 1.37 bits per heavy atom. The van der Waals surface area contributed by atoms with E-state index < -0.39 is 0 Å². The third kappa shape index (κ3) is 5.59. The van der Waals surface area contributed by atoms with Gasteiger partial charge in [-0.1, -0.05) is 19.3 Å². The molecule has 1 aliphatic rings. The van der Waals surface area contributed by atoms with Crippen molar-refractivity contribution in [2.24, 2.45) is 5.92 Å². The maximum absolute atomic E-state index is 4.51. The molecule has 1 heterocycles. The Balaban J connectivity index is 1.54. The molecule has 0 unspecified atom stereocenters. The predicted octanol–water partition coefficient (Wildman–Crippen LogP) is 3.05. The zero-order valence-electron chi connectivity index (χ0n) is 12.3. The predicted molar refractivity (Wildman–Crippen MR) is 82.6 cm³/mol. The summed E-state index contributed by atoms with van der Waals surface area (Å²) in [5.41, 5.74) is 1.21. The molecule has 1 saturated carbocycles. The molecule has 1 N–H and O–H groups in total. The number of aryl methyl sites for hydroxylation is 1. The van der Waals surface area contributed by atoms with E-state index in [4.69, 9.17) is 0 Å². The van der Waals surface area contributed by atoms with Crippen LogP contribution in [0.5, 0.6) is 0 Å². The summed E-state index contributed by atoms with van der Waals surface area (Å²) in [4.78, 5) is 6.86. The van der Waals surface area contributed by atoms with Crippen LogP contribution in [0, 0.1) is 12.8 Å². The van der Waals surface area contributed by atoms with Crippen LogP contribution in [-0.4, -0.2) is 36.6 Å². The lowest BCUT2D eigenvalue weighted by Gasteiger charge is -2.22. The summed E-state index contributed by atoms with van der Waals surface area (Å²) in [6.07, 6.45) is 7.19. The van der Waals surface area contributed by atoms with Gasteiger partial charge in [0.15, 0.2) is 0 Å². The van der Waals surface area contributed by atoms with Crippen LogP contribution in [0.1, 0.15) is 42.8 Å². The van der Waals surface area contributed by atoms with Gasteiger partial charge in [0.1, 0.15) is 0 Å². The Morgan fingerprint density at radius 2 is 2.16 bits per heavy atom. The van der Waals surface area contributed by atoms with E-state index in [0.717, 1.165) is 25.6 Å². The van der Waals surface area contributed by atoms with Crippen LogP contribution in [0.4, 0.5) is 0 Å². The molecule has 1 aromatic rings. The molecule has 0 bridgehead atoms. The summed E-state index contributed by atoms with van der Waals surface area (Å²) in [7, 11) is 2.18. The Labute approximate surface area is 121 Å². The van der Waals surface area contributed by atoms with Crippen LogP contribution in [0.25, 0.3) is 0 Å². The van der Waals surface area contributed by atoms with Crippen molar-refractivity contribution < 1.29 is 0 Å². The molecule has 4 heteroatoms. The molecule has 19 heavy (non-hydrogen) atoms. The second-order valence-corrected chi connectivity index (χ2v) is 6.87.